The fraction of sp³-hybridized carbons (Fsp3) is 0. The smallest absolute Gasteiger partial charge is 0.335 e. The highest BCUT2D eigenvalue weighted by molar-refractivity contribution is 7.51. The first kappa shape index (κ1) is 7.74. The molecule has 0 atom stereocenters. The number of nitrogens with two attached hydrogens (primary N) is 2. The van der Waals surface area contributed by atoms with E-state index in [1.54, 1.807) is 0 Å². The highest BCUT2D eigenvalue weighted by Crippen LogP contribution is 2.47. The van der Waals surface area contributed by atoms with Crippen molar-refractivity contribution in [2.45, 2.75) is 0 Å². The Bertz CT molecular complexity index is 305. The second kappa shape index (κ2) is 2.71. The first-order valence-corrected chi connectivity index (χ1v) is 3.49. The normalized spacial score (nSPS) is 9.45. The summed E-state index contributed by atoms with van der Waals surface area (Å²) in [5.74, 6) is 0. The van der Waals surface area contributed by atoms with Crippen LogP contribution in [0.4, 0.5) is 11.4 Å². The van der Waals surface area contributed by atoms with E-state index in [0.29, 0.717) is 0 Å². The molecule has 11 heavy (non-hydrogen) atoms. The minimum Gasteiger partial charge on any atom is -0.397 e. The zero-order valence-electron chi connectivity index (χ0n) is 5.53. The number of rotatable bonds is 0. The predicted octanol–water partition coefficient (Wildman–Crippen LogP) is 0.161. The van der Waals surface area contributed by atoms with Crippen molar-refractivity contribution in [3.63, 3.8) is 0 Å². The molecule has 0 fully saturated rings. The summed E-state index contributed by atoms with van der Waals surface area (Å²) in [6.07, 6.45) is 0. The Balaban J connectivity index is 0.000000179. The van der Waals surface area contributed by atoms with Gasteiger partial charge in [0, 0.05) is 11.1 Å². The van der Waals surface area contributed by atoms with Crippen LogP contribution in [0.3, 0.4) is 0 Å². The van der Waals surface area contributed by atoms with E-state index in [1.165, 1.54) is 0 Å². The Morgan fingerprint density at radius 1 is 1.00 bits per heavy atom. The lowest BCUT2D eigenvalue weighted by atomic mass is 9.88. The summed E-state index contributed by atoms with van der Waals surface area (Å²) in [6.45, 7) is 0. The lowest BCUT2D eigenvalue weighted by Crippen LogP contribution is -2.07. The molecule has 4 nitrogen and oxygen atoms in total. The van der Waals surface area contributed by atoms with Crippen LogP contribution in [0.15, 0.2) is 12.1 Å². The molecule has 2 aliphatic rings. The van der Waals surface area contributed by atoms with Gasteiger partial charge in [-0.2, -0.15) is 8.42 Å². The van der Waals surface area contributed by atoms with E-state index in [2.05, 4.69) is 0 Å². The molecular weight excluding hydrogens is 164 g/mol. The summed E-state index contributed by atoms with van der Waals surface area (Å²) >= 11 is -0.750. The lowest BCUT2D eigenvalue weighted by molar-refractivity contribution is 0.630. The van der Waals surface area contributed by atoms with E-state index in [9.17, 15) is 0 Å². The van der Waals surface area contributed by atoms with E-state index >= 15 is 0 Å². The molecule has 0 saturated heterocycles. The zero-order chi connectivity index (χ0) is 8.43. The Kier molecular flexibility index (Phi) is 1.91. The van der Waals surface area contributed by atoms with Gasteiger partial charge < -0.3 is 11.5 Å². The van der Waals surface area contributed by atoms with Gasteiger partial charge in [0.2, 0.25) is 0 Å². The second-order valence-electron chi connectivity index (χ2n) is 2.06. The van der Waals surface area contributed by atoms with Gasteiger partial charge in [-0.05, 0) is 0 Å². The van der Waals surface area contributed by atoms with Crippen molar-refractivity contribution in [3.05, 3.63) is 12.1 Å². The van der Waals surface area contributed by atoms with E-state index < -0.39 is 11.6 Å². The highest BCUT2D eigenvalue weighted by atomic mass is 32.1. The Hall–Kier alpha value is -1.36. The monoisotopic (exact) mass is 170 g/mol. The quantitative estimate of drug-likeness (QED) is 0.551. The van der Waals surface area contributed by atoms with Crippen molar-refractivity contribution in [2.75, 3.05) is 11.5 Å². The third kappa shape index (κ3) is 0.988. The topological polar surface area (TPSA) is 86.2 Å². The van der Waals surface area contributed by atoms with Crippen LogP contribution in [0.2, 0.25) is 0 Å². The molecule has 0 heterocycles. The molecule has 0 bridgehead atoms. The average Bonchev–Trinajstić information content (AvgIpc) is 1.87. The molecule has 5 heteroatoms. The summed E-state index contributed by atoms with van der Waals surface area (Å²) in [5.41, 5.74) is 14.7. The number of hydrogen-bond donors (Lipinski definition) is 2. The minimum absolute atomic E-state index is 0.750. The van der Waals surface area contributed by atoms with Crippen molar-refractivity contribution in [3.8, 4) is 11.1 Å². The lowest BCUT2D eigenvalue weighted by Gasteiger charge is -2.21. The van der Waals surface area contributed by atoms with Gasteiger partial charge >= 0.3 is 11.6 Å². The van der Waals surface area contributed by atoms with Gasteiger partial charge in [0.15, 0.2) is 0 Å². The van der Waals surface area contributed by atoms with Crippen molar-refractivity contribution >= 4 is 22.9 Å². The molecule has 0 amide bonds. The molecule has 2 rings (SSSR count). The molecule has 0 unspecified atom stereocenters. The van der Waals surface area contributed by atoms with Gasteiger partial charge in [0.1, 0.15) is 0 Å². The molecule has 0 aliphatic heterocycles. The maximum absolute atomic E-state index is 8.29. The van der Waals surface area contributed by atoms with Gasteiger partial charge in [-0.1, -0.05) is 12.1 Å². The van der Waals surface area contributed by atoms with Crippen LogP contribution in [0, 0.1) is 0 Å². The van der Waals surface area contributed by atoms with Crippen LogP contribution in [0.1, 0.15) is 0 Å². The van der Waals surface area contributed by atoms with Crippen molar-refractivity contribution < 1.29 is 8.42 Å². The largest absolute Gasteiger partial charge is 0.397 e. The summed E-state index contributed by atoms with van der Waals surface area (Å²) in [7, 11) is 0. The Labute approximate surface area is 66.8 Å². The van der Waals surface area contributed by atoms with Crippen LogP contribution in [-0.4, -0.2) is 8.42 Å². The number of anilines is 2. The predicted molar refractivity (Wildman–Crippen MR) is 43.2 cm³/mol. The van der Waals surface area contributed by atoms with Crippen molar-refractivity contribution in [1.82, 2.24) is 0 Å². The van der Waals surface area contributed by atoms with E-state index in [0.717, 1.165) is 22.5 Å². The fourth-order valence-corrected chi connectivity index (χ4v) is 0.947. The van der Waals surface area contributed by atoms with Crippen LogP contribution < -0.4 is 11.5 Å². The fourth-order valence-electron chi connectivity index (χ4n) is 0.947. The molecular formula is C6H6N2O2S. The van der Waals surface area contributed by atoms with Crippen molar-refractivity contribution in [1.29, 1.82) is 0 Å². The summed E-state index contributed by atoms with van der Waals surface area (Å²) < 4.78 is 16.6. The van der Waals surface area contributed by atoms with Crippen LogP contribution in [0.5, 0.6) is 0 Å². The standard InChI is InChI=1S/C6H6N2.O2S/c7-5-3-1-2-4(3)6(5)8;1-3-2/h1-2H,7-8H2;. The Morgan fingerprint density at radius 3 is 1.36 bits per heavy atom. The maximum atomic E-state index is 8.29. The first-order chi connectivity index (χ1) is 5.22. The molecule has 4 N–H and O–H groups in total. The summed E-state index contributed by atoms with van der Waals surface area (Å²) in [6, 6.07) is 3.95. The third-order valence-electron chi connectivity index (χ3n) is 1.58. The molecule has 0 aromatic rings. The molecule has 0 aromatic carbocycles. The first-order valence-electron chi connectivity index (χ1n) is 2.82. The zero-order valence-corrected chi connectivity index (χ0v) is 6.35. The van der Waals surface area contributed by atoms with Crippen molar-refractivity contribution in [2.24, 2.45) is 0 Å². The molecule has 0 aromatic heterocycles. The number of fused-ring (bicyclic) bond motifs is 1. The number of hydrogen-bond acceptors (Lipinski definition) is 4. The van der Waals surface area contributed by atoms with E-state index in [1.807, 2.05) is 12.1 Å². The summed E-state index contributed by atoms with van der Waals surface area (Å²) in [5, 5.41) is 0. The third-order valence-corrected chi connectivity index (χ3v) is 1.58. The van der Waals surface area contributed by atoms with Crippen LogP contribution in [0.25, 0.3) is 11.1 Å². The van der Waals surface area contributed by atoms with E-state index in [4.69, 9.17) is 19.9 Å². The highest BCUT2D eigenvalue weighted by Gasteiger charge is 2.20. The SMILES string of the molecule is Nc1c2ccc-2c1N.O=S=O. The van der Waals surface area contributed by atoms with E-state index in [-0.39, 0.29) is 0 Å². The van der Waals surface area contributed by atoms with Gasteiger partial charge in [-0.3, -0.25) is 0 Å². The molecule has 0 radical (unpaired) electrons. The second-order valence-corrected chi connectivity index (χ2v) is 2.19. The average molecular weight is 170 g/mol. The van der Waals surface area contributed by atoms with Crippen LogP contribution in [-0.2, 0) is 11.6 Å². The molecule has 2 aliphatic carbocycles. The molecule has 58 valence electrons. The number of benzene rings is 1. The van der Waals surface area contributed by atoms with Crippen LogP contribution >= 0.6 is 0 Å². The minimum atomic E-state index is -0.750. The van der Waals surface area contributed by atoms with Gasteiger partial charge in [0.25, 0.3) is 0 Å². The van der Waals surface area contributed by atoms with Gasteiger partial charge in [0.05, 0.1) is 11.4 Å². The Morgan fingerprint density at radius 2 is 1.27 bits per heavy atom. The summed E-state index contributed by atoms with van der Waals surface area (Å²) in [4.78, 5) is 0. The van der Waals surface area contributed by atoms with Gasteiger partial charge in [-0.25, -0.2) is 0 Å². The maximum Gasteiger partial charge on any atom is 0.335 e. The number of nitrogen functional groups attached to an aromatic ring is 2. The molecule has 0 saturated carbocycles. The molecule has 0 spiro atoms. The van der Waals surface area contributed by atoms with Gasteiger partial charge in [-0.15, -0.1) is 0 Å².